The van der Waals surface area contributed by atoms with Gasteiger partial charge in [-0.15, -0.1) is 5.10 Å². The molecule has 1 aromatic heterocycles. The van der Waals surface area contributed by atoms with Crippen molar-refractivity contribution in [3.63, 3.8) is 0 Å². The van der Waals surface area contributed by atoms with Crippen LogP contribution in [0.1, 0.15) is 5.69 Å². The second-order valence-corrected chi connectivity index (χ2v) is 1.91. The Morgan fingerprint density at radius 3 is 3.33 bits per heavy atom. The van der Waals surface area contributed by atoms with Crippen LogP contribution in [0, 0.1) is 0 Å². The molecule has 0 amide bonds. The molecule has 0 bridgehead atoms. The maximum Gasteiger partial charge on any atom is 0.293 e. The Hall–Kier alpha value is -0.970. The molecule has 9 heavy (non-hydrogen) atoms. The predicted molar refractivity (Wildman–Crippen MR) is 30.8 cm³/mol. The van der Waals surface area contributed by atoms with E-state index in [1.165, 1.54) is 11.5 Å². The molecule has 0 N–H and O–H groups in total. The smallest absolute Gasteiger partial charge is 0.293 e. The van der Waals surface area contributed by atoms with Crippen molar-refractivity contribution in [3.8, 4) is 0 Å². The normalized spacial score (nSPS) is 8.89. The van der Waals surface area contributed by atoms with Crippen LogP contribution in [0.4, 0.5) is 0 Å². The molecule has 0 fully saturated rings. The maximum absolute atomic E-state index is 9.63. The SMILES string of the molecule is O=COCc1csnn1. The Bertz CT molecular complexity index is 175. The van der Waals surface area contributed by atoms with E-state index in [9.17, 15) is 4.79 Å². The topological polar surface area (TPSA) is 52.1 Å². The van der Waals surface area contributed by atoms with Crippen molar-refractivity contribution in [2.24, 2.45) is 0 Å². The Morgan fingerprint density at radius 2 is 2.78 bits per heavy atom. The summed E-state index contributed by atoms with van der Waals surface area (Å²) in [6.07, 6.45) is 0. The molecule has 1 heterocycles. The largest absolute Gasteiger partial charge is 0.461 e. The van der Waals surface area contributed by atoms with Gasteiger partial charge in [0.25, 0.3) is 6.47 Å². The molecule has 0 atom stereocenters. The molecule has 0 radical (unpaired) electrons. The zero-order chi connectivity index (χ0) is 6.53. The van der Waals surface area contributed by atoms with Crippen LogP contribution in [-0.4, -0.2) is 16.1 Å². The van der Waals surface area contributed by atoms with Crippen LogP contribution in [0.15, 0.2) is 5.38 Å². The van der Waals surface area contributed by atoms with Crippen LogP contribution in [0.2, 0.25) is 0 Å². The molecule has 5 heteroatoms. The van der Waals surface area contributed by atoms with Crippen molar-refractivity contribution in [3.05, 3.63) is 11.1 Å². The summed E-state index contributed by atoms with van der Waals surface area (Å²) in [4.78, 5) is 9.63. The number of hydrogen-bond acceptors (Lipinski definition) is 5. The molecular weight excluding hydrogens is 140 g/mol. The lowest BCUT2D eigenvalue weighted by Crippen LogP contribution is -1.89. The summed E-state index contributed by atoms with van der Waals surface area (Å²) in [5, 5.41) is 5.36. The van der Waals surface area contributed by atoms with Crippen LogP contribution in [0.25, 0.3) is 0 Å². The van der Waals surface area contributed by atoms with Gasteiger partial charge in [0.05, 0.1) is 0 Å². The molecule has 1 aromatic rings. The molecule has 0 aliphatic heterocycles. The standard InChI is InChI=1S/C4H4N2O2S/c7-3-8-1-4-2-9-6-5-4/h2-3H,1H2. The van der Waals surface area contributed by atoms with E-state index >= 15 is 0 Å². The summed E-state index contributed by atoms with van der Waals surface area (Å²) in [6, 6.07) is 0. The van der Waals surface area contributed by atoms with Crippen molar-refractivity contribution in [2.75, 3.05) is 0 Å². The molecule has 4 nitrogen and oxygen atoms in total. The van der Waals surface area contributed by atoms with Crippen LogP contribution in [0.5, 0.6) is 0 Å². The second kappa shape index (κ2) is 3.13. The van der Waals surface area contributed by atoms with E-state index in [2.05, 4.69) is 14.3 Å². The van der Waals surface area contributed by atoms with Crippen molar-refractivity contribution in [2.45, 2.75) is 6.61 Å². The summed E-state index contributed by atoms with van der Waals surface area (Å²) in [5.41, 5.74) is 0.687. The molecule has 1 rings (SSSR count). The van der Waals surface area contributed by atoms with E-state index in [4.69, 9.17) is 0 Å². The number of rotatable bonds is 3. The van der Waals surface area contributed by atoms with E-state index in [0.717, 1.165) is 0 Å². The maximum atomic E-state index is 9.63. The number of carbonyl (C=O) groups is 1. The molecule has 0 aliphatic carbocycles. The summed E-state index contributed by atoms with van der Waals surface area (Å²) in [6.45, 7) is 0.610. The first-order valence-corrected chi connectivity index (χ1v) is 3.08. The van der Waals surface area contributed by atoms with Crippen molar-refractivity contribution < 1.29 is 9.53 Å². The van der Waals surface area contributed by atoms with Gasteiger partial charge in [-0.3, -0.25) is 4.79 Å². The third kappa shape index (κ3) is 1.77. The lowest BCUT2D eigenvalue weighted by molar-refractivity contribution is -0.129. The summed E-state index contributed by atoms with van der Waals surface area (Å²) >= 11 is 1.23. The number of nitrogens with zero attached hydrogens (tertiary/aromatic N) is 2. The zero-order valence-corrected chi connectivity index (χ0v) is 5.30. The van der Waals surface area contributed by atoms with E-state index in [0.29, 0.717) is 12.2 Å². The van der Waals surface area contributed by atoms with Gasteiger partial charge in [-0.25, -0.2) is 0 Å². The first-order chi connectivity index (χ1) is 4.43. The Morgan fingerprint density at radius 1 is 1.89 bits per heavy atom. The van der Waals surface area contributed by atoms with Gasteiger partial charge in [0.15, 0.2) is 0 Å². The molecule has 0 unspecified atom stereocenters. The molecule has 0 saturated carbocycles. The van der Waals surface area contributed by atoms with E-state index in [-0.39, 0.29) is 6.61 Å². The number of aromatic nitrogens is 2. The summed E-state index contributed by atoms with van der Waals surface area (Å²) < 4.78 is 7.97. The van der Waals surface area contributed by atoms with Crippen LogP contribution in [0.3, 0.4) is 0 Å². The second-order valence-electron chi connectivity index (χ2n) is 1.30. The average molecular weight is 144 g/mol. The number of ether oxygens (including phenoxy) is 1. The van der Waals surface area contributed by atoms with Gasteiger partial charge in [0.1, 0.15) is 12.3 Å². The predicted octanol–water partition coefficient (Wildman–Crippen LogP) is 0.211. The fourth-order valence-electron chi connectivity index (χ4n) is 0.366. The van der Waals surface area contributed by atoms with Crippen molar-refractivity contribution in [1.29, 1.82) is 0 Å². The van der Waals surface area contributed by atoms with Gasteiger partial charge in [0.2, 0.25) is 0 Å². The average Bonchev–Trinajstić information content (AvgIpc) is 2.34. The highest BCUT2D eigenvalue weighted by atomic mass is 32.1. The molecule has 0 spiro atoms. The zero-order valence-electron chi connectivity index (χ0n) is 4.48. The number of carbonyl (C=O) groups excluding carboxylic acids is 1. The third-order valence-corrected chi connectivity index (χ3v) is 1.26. The quantitative estimate of drug-likeness (QED) is 0.569. The molecule has 0 aromatic carbocycles. The Labute approximate surface area is 55.6 Å². The van der Waals surface area contributed by atoms with E-state index in [1.54, 1.807) is 5.38 Å². The first-order valence-electron chi connectivity index (χ1n) is 2.24. The highest BCUT2D eigenvalue weighted by molar-refractivity contribution is 7.03. The van der Waals surface area contributed by atoms with Crippen molar-refractivity contribution >= 4 is 18.0 Å². The molecule has 0 saturated heterocycles. The van der Waals surface area contributed by atoms with Gasteiger partial charge in [-0.05, 0) is 11.5 Å². The Balaban J connectivity index is 2.38. The monoisotopic (exact) mass is 144 g/mol. The molecule has 48 valence electrons. The fraction of sp³-hybridized carbons (Fsp3) is 0.250. The van der Waals surface area contributed by atoms with Crippen molar-refractivity contribution in [1.82, 2.24) is 9.59 Å². The summed E-state index contributed by atoms with van der Waals surface area (Å²) in [7, 11) is 0. The van der Waals surface area contributed by atoms with E-state index < -0.39 is 0 Å². The third-order valence-electron chi connectivity index (χ3n) is 0.704. The van der Waals surface area contributed by atoms with Crippen LogP contribution >= 0.6 is 11.5 Å². The minimum atomic E-state index is 0.222. The molecular formula is C4H4N2O2S. The van der Waals surface area contributed by atoms with Crippen LogP contribution < -0.4 is 0 Å². The Kier molecular flexibility index (Phi) is 2.14. The van der Waals surface area contributed by atoms with Gasteiger partial charge in [0, 0.05) is 5.38 Å². The fourth-order valence-corrected chi connectivity index (χ4v) is 0.802. The van der Waals surface area contributed by atoms with Gasteiger partial charge < -0.3 is 4.74 Å². The van der Waals surface area contributed by atoms with Gasteiger partial charge in [-0.1, -0.05) is 4.49 Å². The lowest BCUT2D eigenvalue weighted by atomic mass is 10.5. The highest BCUT2D eigenvalue weighted by Gasteiger charge is 1.92. The minimum Gasteiger partial charge on any atom is -0.461 e. The lowest BCUT2D eigenvalue weighted by Gasteiger charge is -1.88. The van der Waals surface area contributed by atoms with Gasteiger partial charge in [-0.2, -0.15) is 0 Å². The summed E-state index contributed by atoms with van der Waals surface area (Å²) in [5.74, 6) is 0. The number of hydrogen-bond donors (Lipinski definition) is 0. The minimum absolute atomic E-state index is 0.222. The highest BCUT2D eigenvalue weighted by Crippen LogP contribution is 1.96. The molecule has 0 aliphatic rings. The van der Waals surface area contributed by atoms with Gasteiger partial charge >= 0.3 is 0 Å². The van der Waals surface area contributed by atoms with Crippen LogP contribution in [-0.2, 0) is 16.1 Å². The first kappa shape index (κ1) is 6.15. The van der Waals surface area contributed by atoms with E-state index in [1.807, 2.05) is 0 Å².